The maximum Gasteiger partial charge on any atom is 0.407 e. The SMILES string of the molecule is COc1cc2nc(-c3ccccc3)cc3c2cc1/C=C/CCCCCOC(=O)N[C@H]1CCCCC/C=C\[C@H]2C[C@@]2(C(=O)NS(=O)(=O)C2CC2)NC(=O)[C@@H]2C[C@H](CN2C1=O)O3. The minimum absolute atomic E-state index is 0.00383. The molecule has 3 aliphatic heterocycles. The summed E-state index contributed by atoms with van der Waals surface area (Å²) in [5.74, 6) is -1.16. The van der Waals surface area contributed by atoms with E-state index < -0.39 is 68.7 Å². The predicted octanol–water partition coefficient (Wildman–Crippen LogP) is 5.94. The molecule has 2 aliphatic carbocycles. The first-order valence-electron chi connectivity index (χ1n) is 21.2. The fourth-order valence-corrected chi connectivity index (χ4v) is 9.89. The minimum atomic E-state index is -3.91. The van der Waals surface area contributed by atoms with Crippen LogP contribution in [0.4, 0.5) is 4.79 Å². The summed E-state index contributed by atoms with van der Waals surface area (Å²) in [5, 5.41) is 5.82. The number of methoxy groups -OCH3 is 1. The summed E-state index contributed by atoms with van der Waals surface area (Å²) < 4.78 is 46.4. The molecule has 0 unspecified atom stereocenters. The Bertz CT molecular complexity index is 2300. The van der Waals surface area contributed by atoms with Gasteiger partial charge in [-0.1, -0.05) is 67.5 Å². The molecule has 318 valence electrons. The number of rotatable bonds is 5. The third-order valence-electron chi connectivity index (χ3n) is 12.2. The number of allylic oxidation sites excluding steroid dienone is 2. The summed E-state index contributed by atoms with van der Waals surface area (Å²) in [6.07, 6.45) is 14.1. The number of cyclic esters (lactones) is 1. The second kappa shape index (κ2) is 17.6. The van der Waals surface area contributed by atoms with E-state index in [9.17, 15) is 27.6 Å². The third kappa shape index (κ3) is 9.15. The molecule has 5 atom stereocenters. The van der Waals surface area contributed by atoms with E-state index in [2.05, 4.69) is 21.4 Å². The molecule has 15 heteroatoms. The lowest BCUT2D eigenvalue weighted by Crippen LogP contribution is -2.58. The second-order valence-corrected chi connectivity index (χ2v) is 18.5. The monoisotopic (exact) mass is 839 g/mol. The maximum absolute atomic E-state index is 14.7. The van der Waals surface area contributed by atoms with Gasteiger partial charge in [-0.3, -0.25) is 19.1 Å². The van der Waals surface area contributed by atoms with Crippen LogP contribution in [-0.4, -0.2) is 91.4 Å². The largest absolute Gasteiger partial charge is 0.496 e. The molecule has 5 bridgehead atoms. The summed E-state index contributed by atoms with van der Waals surface area (Å²) in [4.78, 5) is 62.8. The van der Waals surface area contributed by atoms with Crippen molar-refractivity contribution in [1.82, 2.24) is 25.2 Å². The van der Waals surface area contributed by atoms with Crippen molar-refractivity contribution in [3.05, 3.63) is 72.3 Å². The Hall–Kier alpha value is -5.44. The van der Waals surface area contributed by atoms with Crippen molar-refractivity contribution in [2.24, 2.45) is 5.92 Å². The average molecular weight is 840 g/mol. The first-order chi connectivity index (χ1) is 29.0. The van der Waals surface area contributed by atoms with Gasteiger partial charge in [-0.2, -0.15) is 0 Å². The molecule has 5 aliphatic rings. The summed E-state index contributed by atoms with van der Waals surface area (Å²) in [7, 11) is -2.29. The number of aromatic nitrogens is 1. The van der Waals surface area contributed by atoms with Crippen molar-refractivity contribution in [2.45, 2.75) is 112 Å². The molecule has 3 N–H and O–H groups in total. The van der Waals surface area contributed by atoms with Crippen LogP contribution in [0.2, 0.25) is 0 Å². The maximum atomic E-state index is 14.7. The summed E-state index contributed by atoms with van der Waals surface area (Å²) in [6.45, 7) is 0.185. The molecule has 8 rings (SSSR count). The van der Waals surface area contributed by atoms with E-state index in [1.807, 2.05) is 66.8 Å². The van der Waals surface area contributed by atoms with E-state index in [0.717, 1.165) is 43.2 Å². The predicted molar refractivity (Wildman–Crippen MR) is 225 cm³/mol. The number of ether oxygens (including phenoxy) is 3. The highest BCUT2D eigenvalue weighted by atomic mass is 32.2. The molecule has 2 saturated carbocycles. The van der Waals surface area contributed by atoms with Crippen molar-refractivity contribution < 1.29 is 41.8 Å². The van der Waals surface area contributed by atoms with E-state index in [1.165, 1.54) is 4.90 Å². The van der Waals surface area contributed by atoms with E-state index in [-0.39, 0.29) is 26.0 Å². The number of fused-ring (bicyclic) bond motifs is 4. The Morgan fingerprint density at radius 1 is 0.967 bits per heavy atom. The molecule has 60 heavy (non-hydrogen) atoms. The number of amides is 4. The summed E-state index contributed by atoms with van der Waals surface area (Å²) in [6, 6.07) is 13.3. The van der Waals surface area contributed by atoms with Crippen molar-refractivity contribution in [1.29, 1.82) is 0 Å². The minimum Gasteiger partial charge on any atom is -0.496 e. The zero-order chi connectivity index (χ0) is 41.9. The van der Waals surface area contributed by atoms with Crippen molar-refractivity contribution >= 4 is 50.8 Å². The zero-order valence-electron chi connectivity index (χ0n) is 33.9. The topological polar surface area (TPSA) is 182 Å². The van der Waals surface area contributed by atoms with Gasteiger partial charge >= 0.3 is 6.09 Å². The number of alkyl carbamates (subject to hydrolysis) is 1. The van der Waals surface area contributed by atoms with Gasteiger partial charge in [0.15, 0.2) is 0 Å². The normalized spacial score (nSPS) is 27.8. The highest BCUT2D eigenvalue weighted by Gasteiger charge is 2.62. The molecule has 2 aromatic carbocycles. The van der Waals surface area contributed by atoms with Crippen LogP contribution in [0.3, 0.4) is 0 Å². The Balaban J connectivity index is 1.18. The van der Waals surface area contributed by atoms with Crippen LogP contribution in [0.25, 0.3) is 28.2 Å². The fraction of sp³-hybridized carbons (Fsp3) is 0.489. The van der Waals surface area contributed by atoms with Gasteiger partial charge in [0.1, 0.15) is 35.2 Å². The van der Waals surface area contributed by atoms with Crippen LogP contribution in [-0.2, 0) is 29.1 Å². The number of nitrogens with one attached hydrogen (secondary N) is 3. The lowest BCUT2D eigenvalue weighted by molar-refractivity contribution is -0.141. The number of sulfonamides is 1. The lowest BCUT2D eigenvalue weighted by Gasteiger charge is -2.29. The van der Waals surface area contributed by atoms with E-state index in [4.69, 9.17) is 19.2 Å². The van der Waals surface area contributed by atoms with Crippen LogP contribution in [0.1, 0.15) is 89.0 Å². The molecule has 1 saturated heterocycles. The molecule has 14 nitrogen and oxygen atoms in total. The highest BCUT2D eigenvalue weighted by Crippen LogP contribution is 2.46. The summed E-state index contributed by atoms with van der Waals surface area (Å²) in [5.41, 5.74) is 1.47. The van der Waals surface area contributed by atoms with Crippen LogP contribution in [0, 0.1) is 5.92 Å². The van der Waals surface area contributed by atoms with Crippen LogP contribution in [0.15, 0.2) is 66.8 Å². The number of pyridine rings is 1. The van der Waals surface area contributed by atoms with Crippen LogP contribution < -0.4 is 24.8 Å². The molecule has 0 spiro atoms. The first kappa shape index (κ1) is 41.3. The van der Waals surface area contributed by atoms with Crippen molar-refractivity contribution in [3.63, 3.8) is 0 Å². The Morgan fingerprint density at radius 3 is 2.53 bits per heavy atom. The second-order valence-electron chi connectivity index (χ2n) is 16.6. The van der Waals surface area contributed by atoms with Gasteiger partial charge in [-0.25, -0.2) is 18.2 Å². The number of nitrogens with zero attached hydrogens (tertiary/aromatic N) is 2. The van der Waals surface area contributed by atoms with Crippen molar-refractivity contribution in [3.8, 4) is 22.8 Å². The molecule has 3 aromatic rings. The average Bonchev–Trinajstić information content (AvgIpc) is 4.17. The molecule has 4 heterocycles. The Labute approximate surface area is 350 Å². The Morgan fingerprint density at radius 2 is 1.75 bits per heavy atom. The number of hydrogen-bond donors (Lipinski definition) is 3. The Kier molecular flexibility index (Phi) is 12.1. The van der Waals surface area contributed by atoms with Gasteiger partial charge in [0.05, 0.1) is 36.7 Å². The highest BCUT2D eigenvalue weighted by molar-refractivity contribution is 7.91. The smallest absolute Gasteiger partial charge is 0.407 e. The van der Waals surface area contributed by atoms with Crippen LogP contribution >= 0.6 is 0 Å². The number of hydrogen-bond acceptors (Lipinski definition) is 10. The number of benzene rings is 2. The number of carbonyl (C=O) groups excluding carboxylic acids is 4. The molecule has 1 aromatic heterocycles. The van der Waals surface area contributed by atoms with E-state index >= 15 is 0 Å². The zero-order valence-corrected chi connectivity index (χ0v) is 34.7. The van der Waals surface area contributed by atoms with Crippen LogP contribution in [0.5, 0.6) is 11.5 Å². The molecular formula is C45H53N5O9S. The van der Waals surface area contributed by atoms with Gasteiger partial charge in [0.25, 0.3) is 5.91 Å². The van der Waals surface area contributed by atoms with Gasteiger partial charge in [0.2, 0.25) is 21.8 Å². The van der Waals surface area contributed by atoms with Crippen molar-refractivity contribution in [2.75, 3.05) is 20.3 Å². The standard InChI is InChI=1S/C45H53N5O9S/c1-57-39-26-37-34-23-30(39)17-9-4-3-7-14-22-58-44(54)47-35-19-13-6-2-5-12-18-31-27-45(31,43(53)49-60(55,56)33-20-21-33)48-41(51)38-24-32(28-50(38)42(35)52)59-40(34)25-36(46-37)29-15-10-8-11-16-29/h8-12,15-18,23,25-26,31-33,35,38H,2-7,13-14,19-22,24,27-28H2,1H3,(H,47,54)(H,48,51)(H,49,53)/b17-9+,18-12-/t31-,32+,35-,38-,45+/m0/s1. The number of carbonyl (C=O) groups is 4. The molecule has 3 fully saturated rings. The van der Waals surface area contributed by atoms with Gasteiger partial charge in [-0.15, -0.1) is 0 Å². The van der Waals surface area contributed by atoms with Gasteiger partial charge in [0, 0.05) is 41.0 Å². The third-order valence-corrected chi connectivity index (χ3v) is 14.0. The first-order valence-corrected chi connectivity index (χ1v) is 22.8. The van der Waals surface area contributed by atoms with E-state index in [1.54, 1.807) is 7.11 Å². The fourth-order valence-electron chi connectivity index (χ4n) is 8.53. The van der Waals surface area contributed by atoms with Gasteiger partial charge < -0.3 is 29.7 Å². The molecular weight excluding hydrogens is 787 g/mol. The lowest BCUT2D eigenvalue weighted by atomic mass is 10.0. The van der Waals surface area contributed by atoms with Gasteiger partial charge in [-0.05, 0) is 70.3 Å². The molecule has 4 amide bonds. The van der Waals surface area contributed by atoms with E-state index in [0.29, 0.717) is 66.6 Å². The molecule has 0 radical (unpaired) electrons. The quantitative estimate of drug-likeness (QED) is 0.260. The summed E-state index contributed by atoms with van der Waals surface area (Å²) >= 11 is 0.